The van der Waals surface area contributed by atoms with E-state index in [1.807, 2.05) is 0 Å². The number of aryl methyl sites for hydroxylation is 1. The molecule has 0 aliphatic rings. The molecule has 0 aliphatic carbocycles. The molecule has 2 N–H and O–H groups in total. The number of hydrogen-bond donors (Lipinski definition) is 2. The van der Waals surface area contributed by atoms with Crippen molar-refractivity contribution in [1.29, 1.82) is 0 Å². The third-order valence-electron chi connectivity index (χ3n) is 3.76. The molecule has 2 rings (SSSR count). The molecular weight excluding hydrogens is 414 g/mol. The topological polar surface area (TPSA) is 122 Å². The van der Waals surface area contributed by atoms with Crippen LogP contribution in [0.1, 0.15) is 29.0 Å². The first-order valence-corrected chi connectivity index (χ1v) is 10.4. The second-order valence-corrected chi connectivity index (χ2v) is 8.45. The molecule has 0 fully saturated rings. The molecule has 2 aromatic rings. The minimum Gasteiger partial charge on any atom is -0.343 e. The fourth-order valence-electron chi connectivity index (χ4n) is 2.18. The van der Waals surface area contributed by atoms with Gasteiger partial charge < -0.3 is 15.5 Å². The first kappa shape index (κ1) is 22.6. The van der Waals surface area contributed by atoms with Crippen molar-refractivity contribution in [2.45, 2.75) is 24.1 Å². The average Bonchev–Trinajstić information content (AvgIpc) is 3.23. The molecule has 0 saturated heterocycles. The van der Waals surface area contributed by atoms with Gasteiger partial charge in [-0.1, -0.05) is 29.2 Å². The van der Waals surface area contributed by atoms with Gasteiger partial charge in [-0.25, -0.2) is 0 Å². The SMILES string of the molecule is C=CCSc1nnc(NC(=O)CCC(=O)Nc2c(C(=O)N(C)C)nn(C)c2C)s1. The molecule has 10 nitrogen and oxygen atoms in total. The van der Waals surface area contributed by atoms with Gasteiger partial charge in [0.2, 0.25) is 16.9 Å². The van der Waals surface area contributed by atoms with Crippen LogP contribution in [0, 0.1) is 6.92 Å². The molecule has 12 heteroatoms. The van der Waals surface area contributed by atoms with Crippen LogP contribution < -0.4 is 10.6 Å². The van der Waals surface area contributed by atoms with Crippen molar-refractivity contribution in [3.05, 3.63) is 24.0 Å². The summed E-state index contributed by atoms with van der Waals surface area (Å²) in [4.78, 5) is 38.0. The monoisotopic (exact) mass is 437 g/mol. The molecule has 0 saturated carbocycles. The first-order chi connectivity index (χ1) is 13.7. The largest absolute Gasteiger partial charge is 0.343 e. The van der Waals surface area contributed by atoms with Crippen molar-refractivity contribution in [1.82, 2.24) is 24.9 Å². The fourth-order valence-corrected chi connectivity index (χ4v) is 3.71. The van der Waals surface area contributed by atoms with Crippen LogP contribution in [0.5, 0.6) is 0 Å². The maximum Gasteiger partial charge on any atom is 0.276 e. The number of carbonyl (C=O) groups excluding carboxylic acids is 3. The van der Waals surface area contributed by atoms with Gasteiger partial charge in [0.15, 0.2) is 10.0 Å². The Morgan fingerprint density at radius 3 is 2.48 bits per heavy atom. The molecule has 0 aromatic carbocycles. The maximum absolute atomic E-state index is 12.3. The summed E-state index contributed by atoms with van der Waals surface area (Å²) in [6.07, 6.45) is 1.67. The number of aromatic nitrogens is 4. The Balaban J connectivity index is 1.91. The molecule has 0 bridgehead atoms. The number of nitrogens with zero attached hydrogens (tertiary/aromatic N) is 5. The van der Waals surface area contributed by atoms with Crippen LogP contribution in [0.15, 0.2) is 17.0 Å². The lowest BCUT2D eigenvalue weighted by molar-refractivity contribution is -0.121. The van der Waals surface area contributed by atoms with E-state index in [1.165, 1.54) is 32.7 Å². The van der Waals surface area contributed by atoms with Crippen molar-refractivity contribution >= 4 is 51.6 Å². The van der Waals surface area contributed by atoms with Crippen LogP contribution >= 0.6 is 23.1 Å². The summed E-state index contributed by atoms with van der Waals surface area (Å²) in [5.41, 5.74) is 1.15. The number of thioether (sulfide) groups is 1. The Labute approximate surface area is 176 Å². The summed E-state index contributed by atoms with van der Waals surface area (Å²) < 4.78 is 2.25. The van der Waals surface area contributed by atoms with Crippen LogP contribution in [0.2, 0.25) is 0 Å². The standard InChI is InChI=1S/C17H23N7O3S2/c1-6-9-28-17-21-20-16(29-17)19-12(26)8-7-11(25)18-13-10(2)24(5)22-14(13)15(27)23(3)4/h6H,1,7-9H2,2-5H3,(H,18,25)(H,19,20,26). The van der Waals surface area contributed by atoms with Gasteiger partial charge in [-0.05, 0) is 6.92 Å². The zero-order valence-electron chi connectivity index (χ0n) is 16.7. The molecule has 0 aliphatic heterocycles. The second-order valence-electron chi connectivity index (χ2n) is 6.20. The highest BCUT2D eigenvalue weighted by Gasteiger charge is 2.22. The van der Waals surface area contributed by atoms with E-state index in [2.05, 4.69) is 32.5 Å². The highest BCUT2D eigenvalue weighted by Crippen LogP contribution is 2.25. The Morgan fingerprint density at radius 2 is 1.86 bits per heavy atom. The summed E-state index contributed by atoms with van der Waals surface area (Å²) in [5.74, 6) is -0.342. The molecule has 0 spiro atoms. The zero-order chi connectivity index (χ0) is 21.6. The third-order valence-corrected chi connectivity index (χ3v) is 5.73. The minimum absolute atomic E-state index is 0.0309. The molecule has 0 atom stereocenters. The van der Waals surface area contributed by atoms with E-state index in [4.69, 9.17) is 0 Å². The lowest BCUT2D eigenvalue weighted by atomic mass is 10.2. The van der Waals surface area contributed by atoms with Crippen molar-refractivity contribution in [2.75, 3.05) is 30.5 Å². The smallest absolute Gasteiger partial charge is 0.276 e. The summed E-state index contributed by atoms with van der Waals surface area (Å²) in [5, 5.41) is 17.7. The van der Waals surface area contributed by atoms with Crippen LogP contribution in [0.3, 0.4) is 0 Å². The highest BCUT2D eigenvalue weighted by atomic mass is 32.2. The van der Waals surface area contributed by atoms with E-state index < -0.39 is 0 Å². The van der Waals surface area contributed by atoms with Gasteiger partial charge in [0.1, 0.15) is 0 Å². The number of amides is 3. The molecule has 0 radical (unpaired) electrons. The van der Waals surface area contributed by atoms with Gasteiger partial charge in [-0.3, -0.25) is 19.1 Å². The quantitative estimate of drug-likeness (QED) is 0.349. The fraction of sp³-hybridized carbons (Fsp3) is 0.412. The number of carbonyl (C=O) groups is 3. The zero-order valence-corrected chi connectivity index (χ0v) is 18.3. The summed E-state index contributed by atoms with van der Waals surface area (Å²) in [6, 6.07) is 0. The van der Waals surface area contributed by atoms with Crippen LogP contribution in [-0.4, -0.2) is 62.4 Å². The average molecular weight is 438 g/mol. The summed E-state index contributed by atoms with van der Waals surface area (Å²) >= 11 is 2.73. The Bertz CT molecular complexity index is 920. The molecular formula is C17H23N7O3S2. The van der Waals surface area contributed by atoms with Gasteiger partial charge in [0.25, 0.3) is 5.91 Å². The van der Waals surface area contributed by atoms with Gasteiger partial charge >= 0.3 is 0 Å². The number of nitrogens with one attached hydrogen (secondary N) is 2. The van der Waals surface area contributed by atoms with Crippen molar-refractivity contribution < 1.29 is 14.4 Å². The molecule has 3 amide bonds. The molecule has 156 valence electrons. The van der Waals surface area contributed by atoms with Crippen molar-refractivity contribution in [3.63, 3.8) is 0 Å². The second kappa shape index (κ2) is 10.2. The normalized spacial score (nSPS) is 10.5. The lowest BCUT2D eigenvalue weighted by Gasteiger charge is -2.10. The van der Waals surface area contributed by atoms with Gasteiger partial charge in [0.05, 0.1) is 11.4 Å². The van der Waals surface area contributed by atoms with E-state index in [0.717, 1.165) is 4.34 Å². The van der Waals surface area contributed by atoms with Gasteiger partial charge in [-0.15, -0.1) is 16.8 Å². The van der Waals surface area contributed by atoms with Crippen molar-refractivity contribution in [2.24, 2.45) is 7.05 Å². The van der Waals surface area contributed by atoms with Crippen LogP contribution in [0.25, 0.3) is 0 Å². The van der Waals surface area contributed by atoms with Crippen LogP contribution in [-0.2, 0) is 16.6 Å². The minimum atomic E-state index is -0.386. The Morgan fingerprint density at radius 1 is 1.21 bits per heavy atom. The van der Waals surface area contributed by atoms with E-state index >= 15 is 0 Å². The molecule has 29 heavy (non-hydrogen) atoms. The molecule has 2 heterocycles. The van der Waals surface area contributed by atoms with E-state index in [-0.39, 0.29) is 36.3 Å². The number of anilines is 2. The van der Waals surface area contributed by atoms with Crippen LogP contribution in [0.4, 0.5) is 10.8 Å². The van der Waals surface area contributed by atoms with E-state index in [0.29, 0.717) is 22.3 Å². The van der Waals surface area contributed by atoms with Crippen molar-refractivity contribution in [3.8, 4) is 0 Å². The molecule has 0 unspecified atom stereocenters. The Hall–Kier alpha value is -2.73. The molecule has 2 aromatic heterocycles. The summed E-state index contributed by atoms with van der Waals surface area (Å²) in [7, 11) is 4.91. The number of hydrogen-bond acceptors (Lipinski definition) is 8. The predicted molar refractivity (Wildman–Crippen MR) is 113 cm³/mol. The predicted octanol–water partition coefficient (Wildman–Crippen LogP) is 1.92. The summed E-state index contributed by atoms with van der Waals surface area (Å²) in [6.45, 7) is 5.38. The maximum atomic E-state index is 12.3. The van der Waals surface area contributed by atoms with Gasteiger partial charge in [-0.2, -0.15) is 5.10 Å². The number of rotatable bonds is 9. The highest BCUT2D eigenvalue weighted by molar-refractivity contribution is 8.01. The first-order valence-electron chi connectivity index (χ1n) is 8.65. The lowest BCUT2D eigenvalue weighted by Crippen LogP contribution is -2.24. The van der Waals surface area contributed by atoms with E-state index in [9.17, 15) is 14.4 Å². The van der Waals surface area contributed by atoms with Gasteiger partial charge in [0, 0.05) is 39.7 Å². The van der Waals surface area contributed by atoms with E-state index in [1.54, 1.807) is 34.1 Å². The third kappa shape index (κ3) is 6.12. The Kier molecular flexibility index (Phi) is 7.91.